The molecule has 0 amide bonds. The van der Waals surface area contributed by atoms with Crippen LogP contribution in [0.2, 0.25) is 0 Å². The zero-order valence-corrected chi connectivity index (χ0v) is 9.96. The Morgan fingerprint density at radius 3 is 2.76 bits per heavy atom. The van der Waals surface area contributed by atoms with Crippen LogP contribution in [0.3, 0.4) is 0 Å². The Kier molecular flexibility index (Phi) is 3.81. The highest BCUT2D eigenvalue weighted by Gasteiger charge is 2.23. The summed E-state index contributed by atoms with van der Waals surface area (Å²) >= 11 is 0. The highest BCUT2D eigenvalue weighted by atomic mass is 19.1. The first-order valence-electron chi connectivity index (χ1n) is 5.50. The summed E-state index contributed by atoms with van der Waals surface area (Å²) in [7, 11) is 2.87. The molecule has 1 aromatic carbocycles. The lowest BCUT2D eigenvalue weighted by atomic mass is 10.1. The first-order chi connectivity index (χ1) is 8.27. The van der Waals surface area contributed by atoms with Crippen LogP contribution >= 0.6 is 0 Å². The third-order valence-corrected chi connectivity index (χ3v) is 2.79. The smallest absolute Gasteiger partial charge is 0.207 e. The van der Waals surface area contributed by atoms with Crippen LogP contribution < -0.4 is 14.8 Å². The number of methoxy groups -OCH3 is 2. The maximum atomic E-state index is 14.0. The summed E-state index contributed by atoms with van der Waals surface area (Å²) in [5.74, 6) is -0.117. The van der Waals surface area contributed by atoms with Gasteiger partial charge in [-0.15, -0.1) is 0 Å². The first kappa shape index (κ1) is 12.1. The quantitative estimate of drug-likeness (QED) is 0.870. The van der Waals surface area contributed by atoms with Gasteiger partial charge in [0.15, 0.2) is 11.5 Å². The molecule has 1 aromatic rings. The van der Waals surface area contributed by atoms with Crippen LogP contribution in [0.5, 0.6) is 11.5 Å². The van der Waals surface area contributed by atoms with Crippen molar-refractivity contribution in [2.24, 2.45) is 0 Å². The van der Waals surface area contributed by atoms with E-state index in [1.165, 1.54) is 14.2 Å². The summed E-state index contributed by atoms with van der Waals surface area (Å²) in [6, 6.07) is 3.36. The molecule has 2 rings (SSSR count). The summed E-state index contributed by atoms with van der Waals surface area (Å²) in [4.78, 5) is 0. The minimum absolute atomic E-state index is 0.175. The van der Waals surface area contributed by atoms with Gasteiger partial charge in [0, 0.05) is 18.7 Å². The van der Waals surface area contributed by atoms with E-state index in [2.05, 4.69) is 5.32 Å². The molecule has 1 aliphatic rings. The molecule has 0 aromatic heterocycles. The van der Waals surface area contributed by atoms with Crippen molar-refractivity contribution < 1.29 is 18.6 Å². The Labute approximate surface area is 99.7 Å². The second-order valence-electron chi connectivity index (χ2n) is 3.77. The second-order valence-corrected chi connectivity index (χ2v) is 3.77. The number of benzene rings is 1. The highest BCUT2D eigenvalue weighted by molar-refractivity contribution is 5.44. The van der Waals surface area contributed by atoms with Crippen molar-refractivity contribution in [3.8, 4) is 11.5 Å². The van der Waals surface area contributed by atoms with Crippen LogP contribution in [0.4, 0.5) is 4.39 Å². The molecule has 0 spiro atoms. The molecule has 1 unspecified atom stereocenters. The summed E-state index contributed by atoms with van der Waals surface area (Å²) in [5, 5.41) is 3.20. The molecule has 17 heavy (non-hydrogen) atoms. The monoisotopic (exact) mass is 241 g/mol. The second kappa shape index (κ2) is 5.33. The average Bonchev–Trinajstić information content (AvgIpc) is 2.39. The van der Waals surface area contributed by atoms with Crippen LogP contribution in [-0.2, 0) is 4.74 Å². The molecule has 1 aliphatic heterocycles. The van der Waals surface area contributed by atoms with E-state index in [0.29, 0.717) is 18.7 Å². The van der Waals surface area contributed by atoms with Gasteiger partial charge in [-0.2, -0.15) is 4.39 Å². The molecule has 4 nitrogen and oxygen atoms in total. The number of ether oxygens (including phenoxy) is 3. The SMILES string of the molecule is COc1ccc(C2CNCCO2)c(OC)c1F. The molecule has 5 heteroatoms. The van der Waals surface area contributed by atoms with Crippen LogP contribution in [-0.4, -0.2) is 33.9 Å². The van der Waals surface area contributed by atoms with Gasteiger partial charge in [0.25, 0.3) is 0 Å². The van der Waals surface area contributed by atoms with Gasteiger partial charge in [0.05, 0.1) is 26.9 Å². The molecule has 1 heterocycles. The van der Waals surface area contributed by atoms with E-state index in [-0.39, 0.29) is 17.6 Å². The summed E-state index contributed by atoms with van der Waals surface area (Å²) in [5.41, 5.74) is 0.706. The Morgan fingerprint density at radius 2 is 2.18 bits per heavy atom. The Balaban J connectivity index is 2.35. The van der Waals surface area contributed by atoms with Gasteiger partial charge >= 0.3 is 0 Å². The largest absolute Gasteiger partial charge is 0.494 e. The van der Waals surface area contributed by atoms with Crippen molar-refractivity contribution >= 4 is 0 Å². The fourth-order valence-electron chi connectivity index (χ4n) is 1.94. The first-order valence-corrected chi connectivity index (χ1v) is 5.50. The van der Waals surface area contributed by atoms with E-state index in [1.54, 1.807) is 12.1 Å². The Hall–Kier alpha value is -1.33. The molecule has 1 atom stereocenters. The van der Waals surface area contributed by atoms with E-state index in [0.717, 1.165) is 6.54 Å². The minimum Gasteiger partial charge on any atom is -0.494 e. The molecular weight excluding hydrogens is 225 g/mol. The van der Waals surface area contributed by atoms with Crippen LogP contribution in [0, 0.1) is 5.82 Å². The predicted octanol–water partition coefficient (Wildman–Crippen LogP) is 1.50. The normalized spacial score (nSPS) is 20.1. The van der Waals surface area contributed by atoms with Crippen molar-refractivity contribution in [3.05, 3.63) is 23.5 Å². The Morgan fingerprint density at radius 1 is 1.35 bits per heavy atom. The average molecular weight is 241 g/mol. The number of halogens is 1. The van der Waals surface area contributed by atoms with Crippen molar-refractivity contribution in [1.29, 1.82) is 0 Å². The number of hydrogen-bond donors (Lipinski definition) is 1. The highest BCUT2D eigenvalue weighted by Crippen LogP contribution is 2.35. The Bertz CT molecular complexity index is 392. The van der Waals surface area contributed by atoms with Crippen LogP contribution in [0.1, 0.15) is 11.7 Å². The lowest BCUT2D eigenvalue weighted by Gasteiger charge is -2.25. The zero-order valence-electron chi connectivity index (χ0n) is 9.96. The topological polar surface area (TPSA) is 39.7 Å². The molecule has 1 saturated heterocycles. The number of rotatable bonds is 3. The van der Waals surface area contributed by atoms with Gasteiger partial charge in [-0.05, 0) is 12.1 Å². The van der Waals surface area contributed by atoms with Gasteiger partial charge in [-0.1, -0.05) is 0 Å². The summed E-state index contributed by atoms with van der Waals surface area (Å²) in [6.07, 6.45) is -0.181. The lowest BCUT2D eigenvalue weighted by molar-refractivity contribution is 0.0259. The summed E-state index contributed by atoms with van der Waals surface area (Å²) < 4.78 is 29.6. The van der Waals surface area contributed by atoms with Crippen molar-refractivity contribution in [3.63, 3.8) is 0 Å². The van der Waals surface area contributed by atoms with Gasteiger partial charge in [0.1, 0.15) is 0 Å². The van der Waals surface area contributed by atoms with Gasteiger partial charge in [0.2, 0.25) is 5.82 Å². The van der Waals surface area contributed by atoms with E-state index in [1.807, 2.05) is 0 Å². The van der Waals surface area contributed by atoms with Gasteiger partial charge in [-0.25, -0.2) is 0 Å². The van der Waals surface area contributed by atoms with E-state index >= 15 is 0 Å². The fraction of sp³-hybridized carbons (Fsp3) is 0.500. The maximum absolute atomic E-state index is 14.0. The predicted molar refractivity (Wildman–Crippen MR) is 61.1 cm³/mol. The molecule has 0 saturated carbocycles. The number of morpholine rings is 1. The van der Waals surface area contributed by atoms with Crippen molar-refractivity contribution in [2.45, 2.75) is 6.10 Å². The number of nitrogens with one attached hydrogen (secondary N) is 1. The van der Waals surface area contributed by atoms with Crippen LogP contribution in [0.25, 0.3) is 0 Å². The van der Waals surface area contributed by atoms with Crippen molar-refractivity contribution in [2.75, 3.05) is 33.9 Å². The summed E-state index contributed by atoms with van der Waals surface area (Å²) in [6.45, 7) is 2.08. The molecule has 1 fully saturated rings. The van der Waals surface area contributed by atoms with Crippen molar-refractivity contribution in [1.82, 2.24) is 5.32 Å². The van der Waals surface area contributed by atoms with Gasteiger partial charge in [-0.3, -0.25) is 0 Å². The minimum atomic E-state index is -0.485. The van der Waals surface area contributed by atoms with Gasteiger partial charge < -0.3 is 19.5 Å². The van der Waals surface area contributed by atoms with E-state index in [4.69, 9.17) is 14.2 Å². The maximum Gasteiger partial charge on any atom is 0.207 e. The molecular formula is C12H16FNO3. The van der Waals surface area contributed by atoms with E-state index < -0.39 is 5.82 Å². The zero-order chi connectivity index (χ0) is 12.3. The molecule has 0 radical (unpaired) electrons. The third-order valence-electron chi connectivity index (χ3n) is 2.79. The molecule has 94 valence electrons. The standard InChI is InChI=1S/C12H16FNO3/c1-15-9-4-3-8(12(16-2)11(9)13)10-7-14-5-6-17-10/h3-4,10,14H,5-7H2,1-2H3. The third kappa shape index (κ3) is 2.35. The van der Waals surface area contributed by atoms with E-state index in [9.17, 15) is 4.39 Å². The molecule has 1 N–H and O–H groups in total. The van der Waals surface area contributed by atoms with Crippen LogP contribution in [0.15, 0.2) is 12.1 Å². The fourth-order valence-corrected chi connectivity index (χ4v) is 1.94. The molecule has 0 bridgehead atoms. The number of hydrogen-bond acceptors (Lipinski definition) is 4. The molecule has 0 aliphatic carbocycles. The lowest BCUT2D eigenvalue weighted by Crippen LogP contribution is -2.33.